The average Bonchev–Trinajstić information content (AvgIpc) is 2.25. The molecule has 0 aliphatic rings. The van der Waals surface area contributed by atoms with Crippen LogP contribution in [0.2, 0.25) is 0 Å². The Morgan fingerprint density at radius 2 is 1.80 bits per heavy atom. The van der Waals surface area contributed by atoms with E-state index in [4.69, 9.17) is 9.47 Å². The van der Waals surface area contributed by atoms with Gasteiger partial charge in [0.2, 0.25) is 0 Å². The molecule has 2 unspecified atom stereocenters. The quantitative estimate of drug-likeness (QED) is 0.502. The molecule has 0 aromatic heterocycles. The van der Waals surface area contributed by atoms with Crippen LogP contribution in [0.5, 0.6) is 0 Å². The Labute approximate surface area is 91.4 Å². The maximum Gasteiger partial charge on any atom is 0.106 e. The van der Waals surface area contributed by atoms with Crippen LogP contribution in [0.3, 0.4) is 0 Å². The van der Waals surface area contributed by atoms with Gasteiger partial charge in [-0.3, -0.25) is 0 Å². The van der Waals surface area contributed by atoms with Gasteiger partial charge in [0.1, 0.15) is 6.10 Å². The summed E-state index contributed by atoms with van der Waals surface area (Å²) in [4.78, 5) is 0. The first kappa shape index (κ1) is 14.8. The molecule has 3 N–H and O–H groups in total. The molecule has 0 aromatic carbocycles. The van der Waals surface area contributed by atoms with Crippen molar-refractivity contribution < 1.29 is 19.7 Å². The second-order valence-electron chi connectivity index (χ2n) is 3.70. The molecule has 5 heteroatoms. The van der Waals surface area contributed by atoms with Gasteiger partial charge >= 0.3 is 0 Å². The van der Waals surface area contributed by atoms with Crippen molar-refractivity contribution in [2.24, 2.45) is 5.92 Å². The van der Waals surface area contributed by atoms with E-state index in [1.54, 1.807) is 21.1 Å². The number of hydrogen-bond acceptors (Lipinski definition) is 5. The molecule has 5 nitrogen and oxygen atoms in total. The molecule has 0 saturated carbocycles. The summed E-state index contributed by atoms with van der Waals surface area (Å²) in [5.41, 5.74) is 0. The summed E-state index contributed by atoms with van der Waals surface area (Å²) in [6.07, 6.45) is -2.15. The predicted molar refractivity (Wildman–Crippen MR) is 57.8 cm³/mol. The van der Waals surface area contributed by atoms with E-state index in [2.05, 4.69) is 5.32 Å². The van der Waals surface area contributed by atoms with Gasteiger partial charge in [0, 0.05) is 26.7 Å². The summed E-state index contributed by atoms with van der Waals surface area (Å²) in [5.74, 6) is -0.146. The smallest absolute Gasteiger partial charge is 0.106 e. The minimum absolute atomic E-state index is 0.146. The summed E-state index contributed by atoms with van der Waals surface area (Å²) in [7, 11) is 4.87. The van der Waals surface area contributed by atoms with Crippen LogP contribution in [0.4, 0.5) is 0 Å². The van der Waals surface area contributed by atoms with Crippen molar-refractivity contribution in [2.75, 3.05) is 34.4 Å². The minimum atomic E-state index is -0.900. The topological polar surface area (TPSA) is 71.0 Å². The highest BCUT2D eigenvalue weighted by Crippen LogP contribution is 2.12. The summed E-state index contributed by atoms with van der Waals surface area (Å²) in [6.45, 7) is 2.70. The Morgan fingerprint density at radius 3 is 2.20 bits per heavy atom. The lowest BCUT2D eigenvalue weighted by Crippen LogP contribution is -2.45. The molecular formula is C10H23NO4. The van der Waals surface area contributed by atoms with E-state index in [0.717, 1.165) is 0 Å². The van der Waals surface area contributed by atoms with E-state index < -0.39 is 18.3 Å². The van der Waals surface area contributed by atoms with Crippen LogP contribution in [-0.4, -0.2) is 62.9 Å². The van der Waals surface area contributed by atoms with Crippen LogP contribution in [0, 0.1) is 5.92 Å². The zero-order valence-corrected chi connectivity index (χ0v) is 9.93. The molecule has 0 aliphatic carbocycles. The zero-order chi connectivity index (χ0) is 11.8. The zero-order valence-electron chi connectivity index (χ0n) is 9.93. The third-order valence-corrected chi connectivity index (χ3v) is 2.53. The van der Waals surface area contributed by atoms with E-state index in [1.807, 2.05) is 0 Å². The number of aliphatic hydroxyl groups is 2. The molecule has 0 radical (unpaired) electrons. The Bertz CT molecular complexity index is 150. The third kappa shape index (κ3) is 4.90. The molecule has 0 aliphatic heterocycles. The lowest BCUT2D eigenvalue weighted by Gasteiger charge is -2.29. The van der Waals surface area contributed by atoms with E-state index in [-0.39, 0.29) is 5.92 Å². The maximum absolute atomic E-state index is 9.89. The Kier molecular flexibility index (Phi) is 7.90. The molecule has 0 aromatic rings. The Balaban J connectivity index is 4.26. The van der Waals surface area contributed by atoms with Crippen molar-refractivity contribution in [3.8, 4) is 0 Å². The molecule has 0 rings (SSSR count). The van der Waals surface area contributed by atoms with Crippen molar-refractivity contribution in [1.29, 1.82) is 0 Å². The highest BCUT2D eigenvalue weighted by molar-refractivity contribution is 4.80. The Hall–Kier alpha value is -0.200. The standard InChI is InChI=1S/C10H23NO4/c1-7(15-4)9(12)10(13)8(5-11-2)6-14-3/h7-13H,5-6H2,1-4H3/t7-,8?,9?,10+/m1/s1. The largest absolute Gasteiger partial charge is 0.390 e. The van der Waals surface area contributed by atoms with Gasteiger partial charge in [-0.25, -0.2) is 0 Å². The molecular weight excluding hydrogens is 198 g/mol. The molecule has 92 valence electrons. The van der Waals surface area contributed by atoms with Crippen LogP contribution in [0.25, 0.3) is 0 Å². The Morgan fingerprint density at radius 1 is 1.20 bits per heavy atom. The molecule has 4 atom stereocenters. The van der Waals surface area contributed by atoms with E-state index in [1.165, 1.54) is 7.11 Å². The van der Waals surface area contributed by atoms with Crippen LogP contribution in [0.15, 0.2) is 0 Å². The highest BCUT2D eigenvalue weighted by Gasteiger charge is 2.29. The fourth-order valence-corrected chi connectivity index (χ4v) is 1.45. The van der Waals surface area contributed by atoms with Crippen molar-refractivity contribution in [2.45, 2.75) is 25.2 Å². The van der Waals surface area contributed by atoms with Crippen LogP contribution in [-0.2, 0) is 9.47 Å². The van der Waals surface area contributed by atoms with Crippen molar-refractivity contribution in [1.82, 2.24) is 5.32 Å². The first-order valence-corrected chi connectivity index (χ1v) is 5.10. The monoisotopic (exact) mass is 221 g/mol. The van der Waals surface area contributed by atoms with Gasteiger partial charge < -0.3 is 25.0 Å². The highest BCUT2D eigenvalue weighted by atomic mass is 16.5. The number of methoxy groups -OCH3 is 2. The minimum Gasteiger partial charge on any atom is -0.390 e. The second-order valence-corrected chi connectivity index (χ2v) is 3.70. The van der Waals surface area contributed by atoms with Gasteiger partial charge in [-0.05, 0) is 14.0 Å². The van der Waals surface area contributed by atoms with Crippen LogP contribution >= 0.6 is 0 Å². The van der Waals surface area contributed by atoms with Gasteiger partial charge in [0.25, 0.3) is 0 Å². The van der Waals surface area contributed by atoms with Gasteiger partial charge in [0.05, 0.1) is 18.8 Å². The van der Waals surface area contributed by atoms with Crippen LogP contribution < -0.4 is 5.32 Å². The third-order valence-electron chi connectivity index (χ3n) is 2.53. The lowest BCUT2D eigenvalue weighted by atomic mass is 9.95. The van der Waals surface area contributed by atoms with Crippen molar-refractivity contribution in [3.05, 3.63) is 0 Å². The SMILES string of the molecule is CNCC(COC)[C@H](O)C(O)[C@@H](C)OC. The van der Waals surface area contributed by atoms with E-state index in [0.29, 0.717) is 13.2 Å². The molecule has 0 amide bonds. The molecule has 0 fully saturated rings. The van der Waals surface area contributed by atoms with E-state index >= 15 is 0 Å². The second kappa shape index (κ2) is 8.01. The predicted octanol–water partition coefficient (Wildman–Crippen LogP) is -0.775. The fourth-order valence-electron chi connectivity index (χ4n) is 1.45. The number of aliphatic hydroxyl groups excluding tert-OH is 2. The number of hydrogen-bond donors (Lipinski definition) is 3. The number of rotatable bonds is 8. The number of ether oxygens (including phenoxy) is 2. The van der Waals surface area contributed by atoms with Gasteiger partial charge in [-0.15, -0.1) is 0 Å². The van der Waals surface area contributed by atoms with Gasteiger partial charge in [-0.1, -0.05) is 0 Å². The summed E-state index contributed by atoms with van der Waals surface area (Å²) in [5, 5.41) is 22.6. The maximum atomic E-state index is 9.89. The van der Waals surface area contributed by atoms with Crippen molar-refractivity contribution >= 4 is 0 Å². The van der Waals surface area contributed by atoms with E-state index in [9.17, 15) is 10.2 Å². The van der Waals surface area contributed by atoms with Crippen LogP contribution in [0.1, 0.15) is 6.92 Å². The first-order chi connectivity index (χ1) is 7.08. The normalized spacial score (nSPS) is 19.6. The molecule has 0 spiro atoms. The van der Waals surface area contributed by atoms with Gasteiger partial charge in [-0.2, -0.15) is 0 Å². The first-order valence-electron chi connectivity index (χ1n) is 5.10. The van der Waals surface area contributed by atoms with Gasteiger partial charge in [0.15, 0.2) is 0 Å². The summed E-state index contributed by atoms with van der Waals surface area (Å²) in [6, 6.07) is 0. The van der Waals surface area contributed by atoms with Crippen molar-refractivity contribution in [3.63, 3.8) is 0 Å². The molecule has 15 heavy (non-hydrogen) atoms. The molecule has 0 heterocycles. The summed E-state index contributed by atoms with van der Waals surface area (Å²) < 4.78 is 9.96. The molecule has 0 saturated heterocycles. The fraction of sp³-hybridized carbons (Fsp3) is 1.00. The summed E-state index contributed by atoms with van der Waals surface area (Å²) >= 11 is 0. The lowest BCUT2D eigenvalue weighted by molar-refractivity contribution is -0.0956. The average molecular weight is 221 g/mol. The number of nitrogens with one attached hydrogen (secondary N) is 1. The molecule has 0 bridgehead atoms.